The van der Waals surface area contributed by atoms with Crippen molar-refractivity contribution in [2.24, 2.45) is 0 Å². The van der Waals surface area contributed by atoms with Crippen molar-refractivity contribution in [2.45, 2.75) is 51.5 Å². The normalized spacial score (nSPS) is 22.4. The summed E-state index contributed by atoms with van der Waals surface area (Å²) in [7, 11) is 2.02. The third-order valence-corrected chi connectivity index (χ3v) is 3.86. The molecule has 0 aliphatic carbocycles. The minimum atomic E-state index is -0.129. The highest BCUT2D eigenvalue weighted by Gasteiger charge is 2.26. The first-order valence-corrected chi connectivity index (χ1v) is 7.85. The van der Waals surface area contributed by atoms with E-state index in [-0.39, 0.29) is 11.9 Å². The highest BCUT2D eigenvalue weighted by molar-refractivity contribution is 5.16. The van der Waals surface area contributed by atoms with Crippen LogP contribution in [0.15, 0.2) is 24.3 Å². The summed E-state index contributed by atoms with van der Waals surface area (Å²) in [5.74, 6) is -0.129. The van der Waals surface area contributed by atoms with Gasteiger partial charge in [-0.3, -0.25) is 4.90 Å². The summed E-state index contributed by atoms with van der Waals surface area (Å²) in [4.78, 5) is 2.14. The lowest BCUT2D eigenvalue weighted by atomic mass is 10.1. The van der Waals surface area contributed by atoms with Crippen molar-refractivity contribution < 1.29 is 9.13 Å². The Balaban J connectivity index is 1.74. The molecule has 0 radical (unpaired) electrons. The van der Waals surface area contributed by atoms with Crippen LogP contribution in [-0.2, 0) is 11.3 Å². The van der Waals surface area contributed by atoms with Gasteiger partial charge in [0, 0.05) is 31.2 Å². The van der Waals surface area contributed by atoms with Gasteiger partial charge in [-0.2, -0.15) is 0 Å². The number of hydrogen-bond acceptors (Lipinski definition) is 3. The Kier molecular flexibility index (Phi) is 6.15. The number of likely N-dealkylation sites (N-methyl/N-ethyl adjacent to an activating group) is 1. The van der Waals surface area contributed by atoms with Crippen LogP contribution in [0, 0.1) is 5.82 Å². The fraction of sp³-hybridized carbons (Fsp3) is 0.647. The molecule has 1 aliphatic heterocycles. The number of ether oxygens (including phenoxy) is 1. The molecule has 0 saturated carbocycles. The molecule has 0 aromatic heterocycles. The fourth-order valence-electron chi connectivity index (χ4n) is 2.76. The Hall–Kier alpha value is -0.970. The third kappa shape index (κ3) is 5.38. The molecule has 118 valence electrons. The Labute approximate surface area is 127 Å². The highest BCUT2D eigenvalue weighted by Crippen LogP contribution is 2.20. The molecular weight excluding hydrogens is 267 g/mol. The van der Waals surface area contributed by atoms with E-state index in [9.17, 15) is 4.39 Å². The Morgan fingerprint density at radius 3 is 2.71 bits per heavy atom. The molecule has 1 saturated heterocycles. The molecule has 1 heterocycles. The summed E-state index contributed by atoms with van der Waals surface area (Å²) in [6.07, 6.45) is 2.78. The van der Waals surface area contributed by atoms with E-state index < -0.39 is 0 Å². The second-order valence-corrected chi connectivity index (χ2v) is 6.31. The van der Waals surface area contributed by atoms with E-state index in [1.54, 1.807) is 6.07 Å². The molecule has 1 aliphatic rings. The maximum Gasteiger partial charge on any atom is 0.127 e. The number of hydrogen-bond donors (Lipinski definition) is 1. The van der Waals surface area contributed by atoms with Gasteiger partial charge in [-0.25, -0.2) is 4.39 Å². The van der Waals surface area contributed by atoms with Gasteiger partial charge in [-0.05, 0) is 26.0 Å². The molecule has 0 spiro atoms. The first-order valence-electron chi connectivity index (χ1n) is 7.85. The molecule has 1 fully saturated rings. The number of nitrogens with zero attached hydrogens (tertiary/aromatic N) is 1. The first kappa shape index (κ1) is 16.4. The Bertz CT molecular complexity index is 439. The van der Waals surface area contributed by atoms with Gasteiger partial charge < -0.3 is 10.1 Å². The summed E-state index contributed by atoms with van der Waals surface area (Å²) in [5.41, 5.74) is 0.746. The minimum absolute atomic E-state index is 0.129. The lowest BCUT2D eigenvalue weighted by Crippen LogP contribution is -2.34. The van der Waals surface area contributed by atoms with Gasteiger partial charge in [0.2, 0.25) is 0 Å². The SMILES string of the molecule is CC(C)NCC1CCC(CN(C)Cc2ccccc2F)O1. The summed E-state index contributed by atoms with van der Waals surface area (Å²) in [6.45, 7) is 6.70. The smallest absolute Gasteiger partial charge is 0.127 e. The van der Waals surface area contributed by atoms with Crippen LogP contribution in [0.4, 0.5) is 4.39 Å². The fourth-order valence-corrected chi connectivity index (χ4v) is 2.76. The lowest BCUT2D eigenvalue weighted by molar-refractivity contribution is 0.0258. The number of nitrogens with one attached hydrogen (secondary N) is 1. The number of rotatable bonds is 7. The van der Waals surface area contributed by atoms with Gasteiger partial charge in [0.25, 0.3) is 0 Å². The minimum Gasteiger partial charge on any atom is -0.372 e. The third-order valence-electron chi connectivity index (χ3n) is 3.86. The van der Waals surface area contributed by atoms with Crippen molar-refractivity contribution in [3.8, 4) is 0 Å². The molecule has 3 nitrogen and oxygen atoms in total. The van der Waals surface area contributed by atoms with Crippen LogP contribution < -0.4 is 5.32 Å². The summed E-state index contributed by atoms with van der Waals surface area (Å²) < 4.78 is 19.7. The predicted octanol–water partition coefficient (Wildman–Crippen LogP) is 2.80. The number of halogens is 1. The first-order chi connectivity index (χ1) is 10.0. The Morgan fingerprint density at radius 1 is 1.29 bits per heavy atom. The maximum absolute atomic E-state index is 13.6. The molecule has 0 bridgehead atoms. The highest BCUT2D eigenvalue weighted by atomic mass is 19.1. The molecule has 2 rings (SSSR count). The van der Waals surface area contributed by atoms with Gasteiger partial charge in [0.15, 0.2) is 0 Å². The van der Waals surface area contributed by atoms with E-state index in [2.05, 4.69) is 24.1 Å². The van der Waals surface area contributed by atoms with E-state index in [1.165, 1.54) is 6.07 Å². The zero-order chi connectivity index (χ0) is 15.2. The van der Waals surface area contributed by atoms with Crippen molar-refractivity contribution in [3.63, 3.8) is 0 Å². The molecular formula is C17H27FN2O. The largest absolute Gasteiger partial charge is 0.372 e. The van der Waals surface area contributed by atoms with Crippen LogP contribution >= 0.6 is 0 Å². The van der Waals surface area contributed by atoms with Gasteiger partial charge in [-0.15, -0.1) is 0 Å². The summed E-state index contributed by atoms with van der Waals surface area (Å²) in [6, 6.07) is 7.47. The monoisotopic (exact) mass is 294 g/mol. The standard InChI is InChI=1S/C17H27FN2O/c1-13(2)19-10-15-8-9-16(21-15)12-20(3)11-14-6-4-5-7-17(14)18/h4-7,13,15-16,19H,8-12H2,1-3H3. The second kappa shape index (κ2) is 7.87. The zero-order valence-corrected chi connectivity index (χ0v) is 13.3. The summed E-state index contributed by atoms with van der Waals surface area (Å²) in [5, 5.41) is 3.42. The van der Waals surface area contributed by atoms with E-state index in [4.69, 9.17) is 4.74 Å². The van der Waals surface area contributed by atoms with Crippen molar-refractivity contribution in [3.05, 3.63) is 35.6 Å². The van der Waals surface area contributed by atoms with Gasteiger partial charge >= 0.3 is 0 Å². The number of benzene rings is 1. The predicted molar refractivity (Wildman–Crippen MR) is 83.8 cm³/mol. The van der Waals surface area contributed by atoms with Crippen LogP contribution in [0.1, 0.15) is 32.3 Å². The van der Waals surface area contributed by atoms with E-state index in [1.807, 2.05) is 19.2 Å². The molecule has 0 amide bonds. The zero-order valence-electron chi connectivity index (χ0n) is 13.3. The summed E-state index contributed by atoms with van der Waals surface area (Å²) >= 11 is 0. The molecule has 2 atom stereocenters. The van der Waals surface area contributed by atoms with E-state index in [0.29, 0.717) is 18.7 Å². The van der Waals surface area contributed by atoms with Crippen LogP contribution in [0.5, 0.6) is 0 Å². The van der Waals surface area contributed by atoms with E-state index in [0.717, 1.165) is 31.5 Å². The maximum atomic E-state index is 13.6. The van der Waals surface area contributed by atoms with E-state index >= 15 is 0 Å². The topological polar surface area (TPSA) is 24.5 Å². The average molecular weight is 294 g/mol. The van der Waals surface area contributed by atoms with Gasteiger partial charge in [-0.1, -0.05) is 32.0 Å². The molecule has 1 aromatic carbocycles. The molecule has 2 unspecified atom stereocenters. The van der Waals surface area contributed by atoms with Crippen molar-refractivity contribution in [1.29, 1.82) is 0 Å². The van der Waals surface area contributed by atoms with Crippen LogP contribution in [0.3, 0.4) is 0 Å². The molecule has 4 heteroatoms. The molecule has 1 aromatic rings. The molecule has 1 N–H and O–H groups in total. The quantitative estimate of drug-likeness (QED) is 0.837. The van der Waals surface area contributed by atoms with Gasteiger partial charge in [0.1, 0.15) is 5.82 Å². The van der Waals surface area contributed by atoms with Crippen molar-refractivity contribution in [1.82, 2.24) is 10.2 Å². The average Bonchev–Trinajstić information content (AvgIpc) is 2.86. The van der Waals surface area contributed by atoms with Crippen molar-refractivity contribution >= 4 is 0 Å². The van der Waals surface area contributed by atoms with Crippen molar-refractivity contribution in [2.75, 3.05) is 20.1 Å². The van der Waals surface area contributed by atoms with Crippen LogP contribution in [0.25, 0.3) is 0 Å². The second-order valence-electron chi connectivity index (χ2n) is 6.31. The Morgan fingerprint density at radius 2 is 2.00 bits per heavy atom. The van der Waals surface area contributed by atoms with Crippen LogP contribution in [0.2, 0.25) is 0 Å². The lowest BCUT2D eigenvalue weighted by Gasteiger charge is -2.22. The van der Waals surface area contributed by atoms with Crippen LogP contribution in [-0.4, -0.2) is 43.3 Å². The molecule has 21 heavy (non-hydrogen) atoms. The van der Waals surface area contributed by atoms with Gasteiger partial charge in [0.05, 0.1) is 12.2 Å².